The SMILES string of the molecule is c1ccc2c(c1)OCCOCCOC1CCCCC1OCCOCCO2. The Kier molecular flexibility index (Phi) is 8.51. The maximum atomic E-state index is 6.00. The summed E-state index contributed by atoms with van der Waals surface area (Å²) in [5, 5.41) is 0. The number of hydrogen-bond acceptors (Lipinski definition) is 6. The third kappa shape index (κ3) is 6.43. The molecule has 0 spiro atoms. The van der Waals surface area contributed by atoms with Gasteiger partial charge in [-0.25, -0.2) is 0 Å². The summed E-state index contributed by atoms with van der Waals surface area (Å²) in [7, 11) is 0. The van der Waals surface area contributed by atoms with E-state index in [9.17, 15) is 0 Å². The molecule has 1 aromatic rings. The number of fused-ring (bicyclic) bond motifs is 2. The number of para-hydroxylation sites is 2. The average Bonchev–Trinajstić information content (AvgIpc) is 2.68. The predicted octanol–water partition coefficient (Wildman–Crippen LogP) is 2.84. The van der Waals surface area contributed by atoms with E-state index in [1.165, 1.54) is 12.8 Å². The molecule has 26 heavy (non-hydrogen) atoms. The largest absolute Gasteiger partial charge is 0.487 e. The van der Waals surface area contributed by atoms with Gasteiger partial charge in [0.05, 0.1) is 51.8 Å². The third-order valence-electron chi connectivity index (χ3n) is 4.58. The van der Waals surface area contributed by atoms with Crippen LogP contribution in [0.15, 0.2) is 24.3 Å². The van der Waals surface area contributed by atoms with Crippen molar-refractivity contribution in [2.24, 2.45) is 0 Å². The lowest BCUT2D eigenvalue weighted by atomic mass is 9.94. The van der Waals surface area contributed by atoms with Crippen LogP contribution in [0.4, 0.5) is 0 Å². The Labute approximate surface area is 155 Å². The van der Waals surface area contributed by atoms with Crippen LogP contribution in [0.1, 0.15) is 25.7 Å². The van der Waals surface area contributed by atoms with Gasteiger partial charge in [-0.3, -0.25) is 0 Å². The smallest absolute Gasteiger partial charge is 0.161 e. The highest BCUT2D eigenvalue weighted by molar-refractivity contribution is 5.39. The van der Waals surface area contributed by atoms with Crippen LogP contribution >= 0.6 is 0 Å². The van der Waals surface area contributed by atoms with Crippen molar-refractivity contribution in [1.29, 1.82) is 0 Å². The van der Waals surface area contributed by atoms with Crippen molar-refractivity contribution in [1.82, 2.24) is 0 Å². The van der Waals surface area contributed by atoms with Gasteiger partial charge in [-0.1, -0.05) is 25.0 Å². The van der Waals surface area contributed by atoms with Crippen LogP contribution in [-0.4, -0.2) is 65.1 Å². The van der Waals surface area contributed by atoms with Gasteiger partial charge >= 0.3 is 0 Å². The third-order valence-corrected chi connectivity index (χ3v) is 4.58. The number of hydrogen-bond donors (Lipinski definition) is 0. The van der Waals surface area contributed by atoms with Crippen molar-refractivity contribution in [3.05, 3.63) is 24.3 Å². The van der Waals surface area contributed by atoms with Crippen molar-refractivity contribution >= 4 is 0 Å². The van der Waals surface area contributed by atoms with E-state index in [1.54, 1.807) is 0 Å². The fourth-order valence-corrected chi connectivity index (χ4v) is 3.27. The predicted molar refractivity (Wildman–Crippen MR) is 97.0 cm³/mol. The Morgan fingerprint density at radius 3 is 1.54 bits per heavy atom. The van der Waals surface area contributed by atoms with E-state index >= 15 is 0 Å². The minimum atomic E-state index is 0.165. The highest BCUT2D eigenvalue weighted by Gasteiger charge is 2.26. The summed E-state index contributed by atoms with van der Waals surface area (Å²) in [6, 6.07) is 7.65. The van der Waals surface area contributed by atoms with Gasteiger partial charge in [0, 0.05) is 0 Å². The fourth-order valence-electron chi connectivity index (χ4n) is 3.27. The summed E-state index contributed by atoms with van der Waals surface area (Å²) in [6.45, 7) is 4.29. The molecule has 6 heteroatoms. The topological polar surface area (TPSA) is 55.4 Å². The lowest BCUT2D eigenvalue weighted by molar-refractivity contribution is -0.110. The molecule has 6 nitrogen and oxygen atoms in total. The molecule has 1 saturated carbocycles. The molecular formula is C20H30O6. The molecule has 0 N–H and O–H groups in total. The fraction of sp³-hybridized carbons (Fsp3) is 0.700. The number of ether oxygens (including phenoxy) is 6. The van der Waals surface area contributed by atoms with E-state index in [0.29, 0.717) is 52.9 Å². The van der Waals surface area contributed by atoms with E-state index in [0.717, 1.165) is 24.3 Å². The Balaban J connectivity index is 1.50. The van der Waals surface area contributed by atoms with Gasteiger partial charge in [-0.05, 0) is 25.0 Å². The second-order valence-corrected chi connectivity index (χ2v) is 6.47. The second kappa shape index (κ2) is 11.4. The molecule has 1 heterocycles. The molecule has 0 bridgehead atoms. The molecule has 0 saturated heterocycles. The molecule has 0 aromatic heterocycles. The summed E-state index contributed by atoms with van der Waals surface area (Å²) in [5.41, 5.74) is 0. The van der Waals surface area contributed by atoms with Crippen molar-refractivity contribution < 1.29 is 28.4 Å². The molecule has 1 fully saturated rings. The first kappa shape index (κ1) is 19.4. The van der Waals surface area contributed by atoms with Crippen molar-refractivity contribution in [2.45, 2.75) is 37.9 Å². The zero-order valence-electron chi connectivity index (χ0n) is 15.4. The molecule has 2 atom stereocenters. The molecule has 0 radical (unpaired) electrons. The van der Waals surface area contributed by atoms with Gasteiger partial charge in [0.2, 0.25) is 0 Å². The quantitative estimate of drug-likeness (QED) is 0.704. The van der Waals surface area contributed by atoms with Crippen LogP contribution in [-0.2, 0) is 18.9 Å². The van der Waals surface area contributed by atoms with Crippen LogP contribution in [0, 0.1) is 0 Å². The molecule has 0 amide bonds. The van der Waals surface area contributed by atoms with E-state index in [1.807, 2.05) is 24.3 Å². The maximum Gasteiger partial charge on any atom is 0.161 e. The zero-order valence-corrected chi connectivity index (χ0v) is 15.4. The monoisotopic (exact) mass is 366 g/mol. The molecule has 1 aliphatic carbocycles. The summed E-state index contributed by atoms with van der Waals surface area (Å²) < 4.78 is 34.8. The molecule has 2 aliphatic rings. The lowest BCUT2D eigenvalue weighted by Gasteiger charge is -2.31. The summed E-state index contributed by atoms with van der Waals surface area (Å²) >= 11 is 0. The minimum Gasteiger partial charge on any atom is -0.487 e. The highest BCUT2D eigenvalue weighted by Crippen LogP contribution is 2.26. The van der Waals surface area contributed by atoms with Gasteiger partial charge in [0.1, 0.15) is 13.2 Å². The van der Waals surface area contributed by atoms with E-state index < -0.39 is 0 Å². The van der Waals surface area contributed by atoms with Gasteiger partial charge < -0.3 is 28.4 Å². The van der Waals surface area contributed by atoms with E-state index in [-0.39, 0.29) is 12.2 Å². The van der Waals surface area contributed by atoms with E-state index in [2.05, 4.69) is 0 Å². The summed E-state index contributed by atoms with van der Waals surface area (Å²) in [6.07, 6.45) is 4.84. The van der Waals surface area contributed by atoms with Crippen LogP contribution in [0.25, 0.3) is 0 Å². The van der Waals surface area contributed by atoms with Crippen molar-refractivity contribution in [3.8, 4) is 11.5 Å². The summed E-state index contributed by atoms with van der Waals surface area (Å²) in [4.78, 5) is 0. The standard InChI is InChI=1S/C20H30O6/c1-2-6-18-17(5-1)23-13-9-21-11-15-25-19-7-3-4-8-20(19)26-16-12-22-10-14-24-18/h1-2,5-6,19-20H,3-4,7-16H2. The van der Waals surface area contributed by atoms with Crippen LogP contribution in [0.2, 0.25) is 0 Å². The van der Waals surface area contributed by atoms with E-state index in [4.69, 9.17) is 28.4 Å². The van der Waals surface area contributed by atoms with Gasteiger partial charge in [-0.15, -0.1) is 0 Å². The van der Waals surface area contributed by atoms with Gasteiger partial charge in [-0.2, -0.15) is 0 Å². The molecule has 2 unspecified atom stereocenters. The molecule has 146 valence electrons. The average molecular weight is 366 g/mol. The van der Waals surface area contributed by atoms with Gasteiger partial charge in [0.15, 0.2) is 11.5 Å². The summed E-state index contributed by atoms with van der Waals surface area (Å²) in [5.74, 6) is 1.45. The van der Waals surface area contributed by atoms with Crippen LogP contribution in [0.3, 0.4) is 0 Å². The Bertz CT molecular complexity index is 464. The van der Waals surface area contributed by atoms with Gasteiger partial charge in [0.25, 0.3) is 0 Å². The molecule has 1 aromatic carbocycles. The number of benzene rings is 1. The number of rotatable bonds is 0. The zero-order chi connectivity index (χ0) is 17.9. The maximum absolute atomic E-state index is 6.00. The highest BCUT2D eigenvalue weighted by atomic mass is 16.6. The lowest BCUT2D eigenvalue weighted by Crippen LogP contribution is -2.36. The Hall–Kier alpha value is -1.34. The molecule has 3 rings (SSSR count). The minimum absolute atomic E-state index is 0.165. The van der Waals surface area contributed by atoms with Crippen molar-refractivity contribution in [2.75, 3.05) is 52.9 Å². The Morgan fingerprint density at radius 2 is 1.04 bits per heavy atom. The van der Waals surface area contributed by atoms with Crippen LogP contribution < -0.4 is 9.47 Å². The second-order valence-electron chi connectivity index (χ2n) is 6.47. The normalized spacial score (nSPS) is 26.9. The molecule has 1 aliphatic heterocycles. The molecular weight excluding hydrogens is 336 g/mol. The first-order valence-corrected chi connectivity index (χ1v) is 9.67. The van der Waals surface area contributed by atoms with Crippen molar-refractivity contribution in [3.63, 3.8) is 0 Å². The Morgan fingerprint density at radius 1 is 0.577 bits per heavy atom. The first-order valence-electron chi connectivity index (χ1n) is 9.67. The first-order chi connectivity index (χ1) is 12.9. The van der Waals surface area contributed by atoms with Crippen LogP contribution in [0.5, 0.6) is 11.5 Å².